The molecule has 1 saturated heterocycles. The third-order valence-electron chi connectivity index (χ3n) is 5.93. The molecule has 1 aromatic heterocycles. The molecule has 6 heteroatoms. The second kappa shape index (κ2) is 5.51. The van der Waals surface area contributed by atoms with Crippen molar-refractivity contribution in [2.75, 3.05) is 13.1 Å². The lowest BCUT2D eigenvalue weighted by molar-refractivity contribution is -0.149. The summed E-state index contributed by atoms with van der Waals surface area (Å²) in [6, 6.07) is 2.10. The summed E-state index contributed by atoms with van der Waals surface area (Å²) in [4.78, 5) is 27.5. The molecule has 124 valence electrons. The lowest BCUT2D eigenvalue weighted by atomic mass is 9.81. The Morgan fingerprint density at radius 1 is 1.35 bits per heavy atom. The Kier molecular flexibility index (Phi) is 3.59. The number of rotatable bonds is 2. The second-order valence-corrected chi connectivity index (χ2v) is 8.13. The number of carboxylic acid groups (broad SMARTS) is 1. The first kappa shape index (κ1) is 15.0. The fourth-order valence-corrected chi connectivity index (χ4v) is 5.66. The van der Waals surface area contributed by atoms with Gasteiger partial charge in [-0.3, -0.25) is 4.79 Å². The quantitative estimate of drug-likeness (QED) is 0.873. The molecule has 1 aliphatic heterocycles. The fraction of sp³-hybridized carbons (Fsp3) is 0.647. The van der Waals surface area contributed by atoms with Crippen LogP contribution in [0.15, 0.2) is 11.4 Å². The highest BCUT2D eigenvalue weighted by Gasteiger charge is 2.55. The number of thiophene rings is 1. The molecule has 0 radical (unpaired) electrons. The van der Waals surface area contributed by atoms with Gasteiger partial charge in [0.25, 0.3) is 0 Å². The summed E-state index contributed by atoms with van der Waals surface area (Å²) in [6.07, 6.45) is 5.76. The lowest BCUT2D eigenvalue weighted by Crippen LogP contribution is -2.43. The highest BCUT2D eigenvalue weighted by Crippen LogP contribution is 2.49. The number of nitrogens with zero attached hydrogens (tertiary/aromatic N) is 1. The third-order valence-corrected chi connectivity index (χ3v) is 6.93. The van der Waals surface area contributed by atoms with Crippen molar-refractivity contribution >= 4 is 23.3 Å². The summed E-state index contributed by atoms with van der Waals surface area (Å²) >= 11 is 1.76. The molecule has 0 spiro atoms. The largest absolute Gasteiger partial charge is 0.481 e. The van der Waals surface area contributed by atoms with E-state index in [1.54, 1.807) is 16.2 Å². The first-order valence-electron chi connectivity index (χ1n) is 8.45. The molecule has 1 aromatic rings. The minimum atomic E-state index is -0.729. The Hall–Kier alpha value is -1.56. The van der Waals surface area contributed by atoms with E-state index >= 15 is 0 Å². The van der Waals surface area contributed by atoms with E-state index in [4.69, 9.17) is 0 Å². The number of aliphatic carboxylic acids is 1. The van der Waals surface area contributed by atoms with E-state index in [-0.39, 0.29) is 18.0 Å². The van der Waals surface area contributed by atoms with Gasteiger partial charge in [-0.25, -0.2) is 4.79 Å². The predicted octanol–water partition coefficient (Wildman–Crippen LogP) is 3.02. The second-order valence-electron chi connectivity index (χ2n) is 7.12. The number of carboxylic acids is 1. The third kappa shape index (κ3) is 2.35. The van der Waals surface area contributed by atoms with Crippen LogP contribution in [0.2, 0.25) is 0 Å². The number of carbonyl (C=O) groups is 2. The van der Waals surface area contributed by atoms with Gasteiger partial charge in [0.05, 0.1) is 11.5 Å². The number of fused-ring (bicyclic) bond motifs is 2. The van der Waals surface area contributed by atoms with Gasteiger partial charge in [-0.2, -0.15) is 0 Å². The monoisotopic (exact) mass is 334 g/mol. The van der Waals surface area contributed by atoms with Crippen LogP contribution in [-0.2, 0) is 11.2 Å². The molecule has 23 heavy (non-hydrogen) atoms. The van der Waals surface area contributed by atoms with Crippen LogP contribution in [-0.4, -0.2) is 35.1 Å². The number of likely N-dealkylation sites (tertiary alicyclic amines) is 1. The van der Waals surface area contributed by atoms with E-state index in [1.807, 2.05) is 0 Å². The molecule has 1 unspecified atom stereocenters. The average Bonchev–Trinajstić information content (AvgIpc) is 3.21. The van der Waals surface area contributed by atoms with Gasteiger partial charge in [-0.15, -0.1) is 11.3 Å². The molecule has 1 saturated carbocycles. The minimum Gasteiger partial charge on any atom is -0.481 e. The van der Waals surface area contributed by atoms with Crippen molar-refractivity contribution < 1.29 is 14.7 Å². The summed E-state index contributed by atoms with van der Waals surface area (Å²) in [5.74, 6) is -0.609. The maximum atomic E-state index is 12.7. The molecule has 2 fully saturated rings. The van der Waals surface area contributed by atoms with Crippen molar-refractivity contribution in [3.63, 3.8) is 0 Å². The fourth-order valence-electron chi connectivity index (χ4n) is 4.67. The topological polar surface area (TPSA) is 69.6 Å². The normalized spacial score (nSPS) is 32.4. The molecular formula is C17H22N2O3S. The number of carbonyl (C=O) groups excluding carboxylic acids is 1. The van der Waals surface area contributed by atoms with Gasteiger partial charge in [-0.05, 0) is 55.0 Å². The van der Waals surface area contributed by atoms with E-state index in [2.05, 4.69) is 16.8 Å². The number of aryl methyl sites for hydroxylation is 1. The first-order valence-corrected chi connectivity index (χ1v) is 9.33. The van der Waals surface area contributed by atoms with E-state index < -0.39 is 11.4 Å². The zero-order valence-electron chi connectivity index (χ0n) is 13.1. The zero-order valence-corrected chi connectivity index (χ0v) is 13.9. The van der Waals surface area contributed by atoms with E-state index in [1.165, 1.54) is 10.4 Å². The number of amides is 2. The van der Waals surface area contributed by atoms with Crippen LogP contribution in [0.1, 0.15) is 48.6 Å². The summed E-state index contributed by atoms with van der Waals surface area (Å²) in [7, 11) is 0. The van der Waals surface area contributed by atoms with Crippen LogP contribution >= 0.6 is 11.3 Å². The Balaban J connectivity index is 1.47. The van der Waals surface area contributed by atoms with E-state index in [9.17, 15) is 14.7 Å². The molecule has 2 heterocycles. The first-order chi connectivity index (χ1) is 11.1. The summed E-state index contributed by atoms with van der Waals surface area (Å²) in [6.45, 7) is 0.948. The van der Waals surface area contributed by atoms with E-state index in [0.717, 1.165) is 32.1 Å². The van der Waals surface area contributed by atoms with Crippen molar-refractivity contribution in [2.45, 2.75) is 44.6 Å². The number of hydrogen-bond acceptors (Lipinski definition) is 3. The van der Waals surface area contributed by atoms with Crippen LogP contribution in [0.25, 0.3) is 0 Å². The van der Waals surface area contributed by atoms with Crippen LogP contribution in [0, 0.1) is 11.3 Å². The van der Waals surface area contributed by atoms with Crippen molar-refractivity contribution in [3.8, 4) is 0 Å². The van der Waals surface area contributed by atoms with E-state index in [0.29, 0.717) is 19.5 Å². The average molecular weight is 334 g/mol. The SMILES string of the molecule is O=C(NC1CCCc2sccc21)N1C[C@@H]2CCC[C@@]2(C(=O)O)C1. The molecule has 2 aliphatic carbocycles. The standard InChI is InChI=1S/C17H22N2O3S/c20-15(21)17-7-2-3-11(17)9-19(10-17)16(22)18-13-4-1-5-14-12(13)6-8-23-14/h6,8,11,13H,1-5,7,9-10H2,(H,18,22)(H,20,21)/t11-,13?,17+/m0/s1. The van der Waals surface area contributed by atoms with Gasteiger partial charge in [0.15, 0.2) is 0 Å². The zero-order chi connectivity index (χ0) is 16.0. The molecule has 0 bridgehead atoms. The molecule has 2 amide bonds. The molecule has 3 atom stereocenters. The van der Waals surface area contributed by atoms with Crippen LogP contribution in [0.5, 0.6) is 0 Å². The maximum Gasteiger partial charge on any atom is 0.317 e. The van der Waals surface area contributed by atoms with Gasteiger partial charge in [0.2, 0.25) is 0 Å². The highest BCUT2D eigenvalue weighted by molar-refractivity contribution is 7.10. The Bertz CT molecular complexity index is 644. The molecule has 4 rings (SSSR count). The van der Waals surface area contributed by atoms with Crippen molar-refractivity contribution in [2.24, 2.45) is 11.3 Å². The molecular weight excluding hydrogens is 312 g/mol. The predicted molar refractivity (Wildman–Crippen MR) is 87.5 cm³/mol. The van der Waals surface area contributed by atoms with Crippen molar-refractivity contribution in [1.82, 2.24) is 10.2 Å². The number of hydrogen-bond donors (Lipinski definition) is 2. The van der Waals surface area contributed by atoms with Gasteiger partial charge in [0, 0.05) is 18.0 Å². The Morgan fingerprint density at radius 2 is 2.22 bits per heavy atom. The van der Waals surface area contributed by atoms with Crippen LogP contribution in [0.4, 0.5) is 4.79 Å². The minimum absolute atomic E-state index is 0.0821. The van der Waals surface area contributed by atoms with Gasteiger partial charge in [0.1, 0.15) is 0 Å². The summed E-state index contributed by atoms with van der Waals surface area (Å²) in [5, 5.41) is 14.9. The Labute approximate surface area is 139 Å². The smallest absolute Gasteiger partial charge is 0.317 e. The molecule has 2 N–H and O–H groups in total. The van der Waals surface area contributed by atoms with Crippen LogP contribution in [0.3, 0.4) is 0 Å². The number of nitrogens with one attached hydrogen (secondary N) is 1. The molecule has 5 nitrogen and oxygen atoms in total. The lowest BCUT2D eigenvalue weighted by Gasteiger charge is -2.27. The Morgan fingerprint density at radius 3 is 3.00 bits per heavy atom. The summed E-state index contributed by atoms with van der Waals surface area (Å²) < 4.78 is 0. The van der Waals surface area contributed by atoms with Crippen LogP contribution < -0.4 is 5.32 Å². The van der Waals surface area contributed by atoms with Crippen molar-refractivity contribution in [1.29, 1.82) is 0 Å². The van der Waals surface area contributed by atoms with Gasteiger partial charge < -0.3 is 15.3 Å². The maximum absolute atomic E-state index is 12.7. The highest BCUT2D eigenvalue weighted by atomic mass is 32.1. The molecule has 3 aliphatic rings. The molecule has 0 aromatic carbocycles. The van der Waals surface area contributed by atoms with Crippen molar-refractivity contribution in [3.05, 3.63) is 21.9 Å². The number of urea groups is 1. The summed E-state index contributed by atoms with van der Waals surface area (Å²) in [5.41, 5.74) is 0.555. The van der Waals surface area contributed by atoms with Gasteiger partial charge in [-0.1, -0.05) is 6.42 Å². The van der Waals surface area contributed by atoms with Gasteiger partial charge >= 0.3 is 12.0 Å².